The second-order valence-corrected chi connectivity index (χ2v) is 7.91. The first kappa shape index (κ1) is 18.9. The number of anilines is 2. The molecule has 1 unspecified atom stereocenters. The highest BCUT2D eigenvalue weighted by Gasteiger charge is 2.22. The lowest BCUT2D eigenvalue weighted by molar-refractivity contribution is 0.888. The smallest absolute Gasteiger partial charge is 0.157 e. The highest BCUT2D eigenvalue weighted by Crippen LogP contribution is 2.36. The van der Waals surface area contributed by atoms with Crippen molar-refractivity contribution in [1.82, 2.24) is 9.38 Å². The molecule has 1 N–H and O–H groups in total. The van der Waals surface area contributed by atoms with Crippen molar-refractivity contribution in [2.24, 2.45) is 0 Å². The van der Waals surface area contributed by atoms with Crippen LogP contribution in [0.15, 0.2) is 60.8 Å². The quantitative estimate of drug-likeness (QED) is 0.387. The molecule has 0 spiro atoms. The van der Waals surface area contributed by atoms with Gasteiger partial charge in [0.25, 0.3) is 0 Å². The number of imidazole rings is 1. The summed E-state index contributed by atoms with van der Waals surface area (Å²) in [6.45, 7) is 6.35. The molecule has 4 rings (SSSR count). The summed E-state index contributed by atoms with van der Waals surface area (Å²) in [6, 6.07) is 18.3. The van der Waals surface area contributed by atoms with Crippen LogP contribution in [0.25, 0.3) is 5.65 Å². The Hall–Kier alpha value is -2.49. The van der Waals surface area contributed by atoms with Gasteiger partial charge in [-0.25, -0.2) is 4.98 Å². The molecule has 0 saturated carbocycles. The molecule has 2 aromatic carbocycles. The molecule has 0 saturated heterocycles. The molecule has 28 heavy (non-hydrogen) atoms. The Bertz CT molecular complexity index is 1130. The summed E-state index contributed by atoms with van der Waals surface area (Å²) in [5.41, 5.74) is 6.22. The molecular weight excluding hydrogens is 389 g/mol. The van der Waals surface area contributed by atoms with E-state index in [1.54, 1.807) is 6.07 Å². The van der Waals surface area contributed by atoms with Crippen LogP contribution in [0.4, 0.5) is 11.5 Å². The van der Waals surface area contributed by atoms with Gasteiger partial charge in [-0.15, -0.1) is 0 Å². The molecule has 0 fully saturated rings. The molecule has 0 aliphatic carbocycles. The molecule has 1 atom stereocenters. The van der Waals surface area contributed by atoms with E-state index in [1.165, 1.54) is 16.7 Å². The fraction of sp³-hybridized carbons (Fsp3) is 0.174. The Morgan fingerprint density at radius 3 is 2.32 bits per heavy atom. The van der Waals surface area contributed by atoms with Crippen LogP contribution in [0.1, 0.15) is 35.2 Å². The van der Waals surface area contributed by atoms with Crippen molar-refractivity contribution in [2.75, 3.05) is 5.32 Å². The highest BCUT2D eigenvalue weighted by molar-refractivity contribution is 6.36. The molecule has 0 amide bonds. The maximum Gasteiger partial charge on any atom is 0.157 e. The van der Waals surface area contributed by atoms with Crippen molar-refractivity contribution in [3.8, 4) is 0 Å². The largest absolute Gasteiger partial charge is 0.339 e. The third-order valence-electron chi connectivity index (χ3n) is 5.10. The van der Waals surface area contributed by atoms with E-state index < -0.39 is 0 Å². The number of pyridine rings is 1. The lowest BCUT2D eigenvalue weighted by Crippen LogP contribution is -2.05. The third kappa shape index (κ3) is 3.36. The van der Waals surface area contributed by atoms with E-state index in [0.29, 0.717) is 15.7 Å². The van der Waals surface area contributed by atoms with E-state index in [1.807, 2.05) is 28.8 Å². The number of fused-ring (bicyclic) bond motifs is 1. The zero-order valence-corrected chi connectivity index (χ0v) is 17.5. The third-order valence-corrected chi connectivity index (χ3v) is 5.59. The number of para-hydroxylation sites is 1. The Morgan fingerprint density at radius 1 is 0.964 bits per heavy atom. The van der Waals surface area contributed by atoms with E-state index in [0.717, 1.165) is 17.2 Å². The number of hydrogen-bond donors (Lipinski definition) is 1. The minimum absolute atomic E-state index is 0.0859. The molecule has 0 aliphatic rings. The first-order chi connectivity index (χ1) is 13.5. The van der Waals surface area contributed by atoms with Crippen molar-refractivity contribution >= 4 is 40.4 Å². The second kappa shape index (κ2) is 7.50. The molecule has 142 valence electrons. The van der Waals surface area contributed by atoms with Gasteiger partial charge in [0.15, 0.2) is 5.65 Å². The van der Waals surface area contributed by atoms with E-state index >= 15 is 0 Å². The molecule has 4 aromatic rings. The summed E-state index contributed by atoms with van der Waals surface area (Å²) in [5, 5.41) is 4.72. The predicted molar refractivity (Wildman–Crippen MR) is 118 cm³/mol. The fourth-order valence-corrected chi connectivity index (χ4v) is 4.06. The van der Waals surface area contributed by atoms with Gasteiger partial charge in [-0.3, -0.25) is 4.40 Å². The number of hydrogen-bond acceptors (Lipinski definition) is 2. The topological polar surface area (TPSA) is 29.3 Å². The van der Waals surface area contributed by atoms with Gasteiger partial charge < -0.3 is 5.32 Å². The molecule has 5 heteroatoms. The van der Waals surface area contributed by atoms with Crippen LogP contribution in [0.3, 0.4) is 0 Å². The lowest BCUT2D eigenvalue weighted by atomic mass is 9.97. The van der Waals surface area contributed by atoms with Crippen LogP contribution in [-0.2, 0) is 0 Å². The summed E-state index contributed by atoms with van der Waals surface area (Å²) in [4.78, 5) is 4.89. The molecule has 2 heterocycles. The second-order valence-electron chi connectivity index (χ2n) is 7.07. The predicted octanol–water partition coefficient (Wildman–Crippen LogP) is 7.15. The summed E-state index contributed by atoms with van der Waals surface area (Å²) in [6.07, 6.45) is 1.85. The number of rotatable bonds is 4. The molecule has 2 aromatic heterocycles. The van der Waals surface area contributed by atoms with Gasteiger partial charge in [-0.1, -0.05) is 78.7 Å². The lowest BCUT2D eigenvalue weighted by Gasteiger charge is -2.17. The van der Waals surface area contributed by atoms with Crippen molar-refractivity contribution in [1.29, 1.82) is 0 Å². The van der Waals surface area contributed by atoms with Gasteiger partial charge in [0.1, 0.15) is 5.82 Å². The molecule has 0 bridgehead atoms. The van der Waals surface area contributed by atoms with Crippen LogP contribution >= 0.6 is 23.2 Å². The number of benzene rings is 2. The zero-order valence-electron chi connectivity index (χ0n) is 16.0. The fourth-order valence-electron chi connectivity index (χ4n) is 3.55. The molecule has 0 radical (unpaired) electrons. The van der Waals surface area contributed by atoms with Crippen molar-refractivity contribution in [2.45, 2.75) is 26.7 Å². The van der Waals surface area contributed by atoms with Gasteiger partial charge >= 0.3 is 0 Å². The van der Waals surface area contributed by atoms with E-state index in [-0.39, 0.29) is 5.92 Å². The highest BCUT2D eigenvalue weighted by atomic mass is 35.5. The van der Waals surface area contributed by atoms with Crippen LogP contribution in [0, 0.1) is 13.8 Å². The number of aryl methyl sites for hydroxylation is 2. The number of nitrogens with zero attached hydrogens (tertiary/aromatic N) is 2. The van der Waals surface area contributed by atoms with Gasteiger partial charge in [0.05, 0.1) is 15.7 Å². The van der Waals surface area contributed by atoms with Crippen molar-refractivity contribution in [3.05, 3.63) is 93.2 Å². The van der Waals surface area contributed by atoms with Crippen LogP contribution in [0.2, 0.25) is 10.0 Å². The Balaban J connectivity index is 1.94. The maximum absolute atomic E-state index is 6.47. The average Bonchev–Trinajstić information content (AvgIpc) is 3.03. The standard InChI is InChI=1S/C23H21Cl2N3/c1-14-8-7-9-15(2)20(14)26-23-21(16(3)17-10-5-4-6-11-17)27-22-19(25)12-18(24)13-28(22)23/h4-13,16,26H,1-3H3. The summed E-state index contributed by atoms with van der Waals surface area (Å²) in [5.74, 6) is 0.968. The average molecular weight is 410 g/mol. The van der Waals surface area contributed by atoms with Crippen LogP contribution in [-0.4, -0.2) is 9.38 Å². The Kier molecular flexibility index (Phi) is 5.05. The maximum atomic E-state index is 6.47. The normalized spacial score (nSPS) is 12.3. The zero-order chi connectivity index (χ0) is 19.8. The first-order valence-corrected chi connectivity index (χ1v) is 9.96. The van der Waals surface area contributed by atoms with Gasteiger partial charge in [-0.05, 0) is 36.6 Å². The molecule has 3 nitrogen and oxygen atoms in total. The molecular formula is C23H21Cl2N3. The summed E-state index contributed by atoms with van der Waals surface area (Å²) in [7, 11) is 0. The minimum atomic E-state index is 0.0859. The SMILES string of the molecule is Cc1cccc(C)c1Nc1c(C(C)c2ccccc2)nc2c(Cl)cc(Cl)cn12. The Morgan fingerprint density at radius 2 is 1.64 bits per heavy atom. The van der Waals surface area contributed by atoms with Crippen LogP contribution < -0.4 is 5.32 Å². The minimum Gasteiger partial charge on any atom is -0.339 e. The number of halogens is 2. The van der Waals surface area contributed by atoms with Gasteiger partial charge in [0, 0.05) is 17.8 Å². The first-order valence-electron chi connectivity index (χ1n) is 9.21. The van der Waals surface area contributed by atoms with Crippen LogP contribution in [0.5, 0.6) is 0 Å². The van der Waals surface area contributed by atoms with Crippen molar-refractivity contribution < 1.29 is 0 Å². The monoisotopic (exact) mass is 409 g/mol. The van der Waals surface area contributed by atoms with Gasteiger partial charge in [0.2, 0.25) is 0 Å². The number of aromatic nitrogens is 2. The summed E-state index contributed by atoms with van der Waals surface area (Å²) < 4.78 is 1.95. The summed E-state index contributed by atoms with van der Waals surface area (Å²) >= 11 is 12.8. The molecule has 0 aliphatic heterocycles. The number of nitrogens with one attached hydrogen (secondary N) is 1. The van der Waals surface area contributed by atoms with E-state index in [2.05, 4.69) is 56.4 Å². The van der Waals surface area contributed by atoms with E-state index in [4.69, 9.17) is 28.2 Å². The van der Waals surface area contributed by atoms with Crippen molar-refractivity contribution in [3.63, 3.8) is 0 Å². The van der Waals surface area contributed by atoms with Gasteiger partial charge in [-0.2, -0.15) is 0 Å². The Labute approximate surface area is 174 Å². The van der Waals surface area contributed by atoms with E-state index in [9.17, 15) is 0 Å².